The Balaban J connectivity index is 2.65. The average molecular weight is 221 g/mol. The van der Waals surface area contributed by atoms with Crippen molar-refractivity contribution in [3.05, 3.63) is 46.7 Å². The molecule has 0 unspecified atom stereocenters. The standard InChI is InChI=1S/C11H9ClN2O/c1-8-5-6-14(13-8)11-9(7-15)3-2-4-10(11)12/h2-7H,1H3. The zero-order chi connectivity index (χ0) is 10.8. The normalized spacial score (nSPS) is 10.3. The second kappa shape index (κ2) is 3.87. The average Bonchev–Trinajstić information content (AvgIpc) is 2.64. The van der Waals surface area contributed by atoms with Gasteiger partial charge in [-0.25, -0.2) is 4.68 Å². The van der Waals surface area contributed by atoms with Gasteiger partial charge in [-0.1, -0.05) is 17.7 Å². The maximum absolute atomic E-state index is 10.9. The van der Waals surface area contributed by atoms with Crippen molar-refractivity contribution in [3.63, 3.8) is 0 Å². The first kappa shape index (κ1) is 9.93. The van der Waals surface area contributed by atoms with E-state index in [1.54, 1.807) is 29.1 Å². The summed E-state index contributed by atoms with van der Waals surface area (Å²) in [6.45, 7) is 1.88. The third-order valence-electron chi connectivity index (χ3n) is 2.10. The SMILES string of the molecule is Cc1ccn(-c2c(Cl)cccc2C=O)n1. The van der Waals surface area contributed by atoms with Crippen LogP contribution in [-0.4, -0.2) is 16.1 Å². The number of hydrogen-bond donors (Lipinski definition) is 0. The lowest BCUT2D eigenvalue weighted by Gasteiger charge is -2.06. The van der Waals surface area contributed by atoms with Crippen LogP contribution >= 0.6 is 11.6 Å². The molecule has 0 aliphatic carbocycles. The molecule has 1 aromatic heterocycles. The number of benzene rings is 1. The molecule has 1 aromatic carbocycles. The summed E-state index contributed by atoms with van der Waals surface area (Å²) in [6, 6.07) is 7.05. The Hall–Kier alpha value is -1.61. The number of aldehydes is 1. The Morgan fingerprint density at radius 1 is 1.40 bits per heavy atom. The van der Waals surface area contributed by atoms with Gasteiger partial charge in [0.1, 0.15) is 0 Å². The van der Waals surface area contributed by atoms with Gasteiger partial charge in [0.25, 0.3) is 0 Å². The topological polar surface area (TPSA) is 34.9 Å². The van der Waals surface area contributed by atoms with Crippen molar-refractivity contribution in [1.29, 1.82) is 0 Å². The van der Waals surface area contributed by atoms with Crippen molar-refractivity contribution in [2.45, 2.75) is 6.92 Å². The Morgan fingerprint density at radius 3 is 2.80 bits per heavy atom. The molecule has 0 aliphatic heterocycles. The van der Waals surface area contributed by atoms with Gasteiger partial charge in [0.05, 0.1) is 16.4 Å². The third-order valence-corrected chi connectivity index (χ3v) is 2.40. The van der Waals surface area contributed by atoms with E-state index in [9.17, 15) is 4.79 Å². The molecule has 2 rings (SSSR count). The molecule has 4 heteroatoms. The summed E-state index contributed by atoms with van der Waals surface area (Å²) in [5.74, 6) is 0. The van der Waals surface area contributed by atoms with E-state index in [1.165, 1.54) is 0 Å². The van der Waals surface area contributed by atoms with Gasteiger partial charge in [-0.3, -0.25) is 4.79 Å². The zero-order valence-electron chi connectivity index (χ0n) is 8.14. The van der Waals surface area contributed by atoms with Gasteiger partial charge in [0.15, 0.2) is 6.29 Å². The van der Waals surface area contributed by atoms with Crippen LogP contribution in [0.15, 0.2) is 30.5 Å². The number of rotatable bonds is 2. The molecule has 0 amide bonds. The minimum absolute atomic E-state index is 0.516. The van der Waals surface area contributed by atoms with Gasteiger partial charge in [0, 0.05) is 11.8 Å². The van der Waals surface area contributed by atoms with E-state index in [2.05, 4.69) is 5.10 Å². The predicted molar refractivity (Wildman–Crippen MR) is 58.7 cm³/mol. The molecule has 0 saturated heterocycles. The fourth-order valence-corrected chi connectivity index (χ4v) is 1.68. The highest BCUT2D eigenvalue weighted by molar-refractivity contribution is 6.32. The van der Waals surface area contributed by atoms with Crippen molar-refractivity contribution in [3.8, 4) is 5.69 Å². The number of carbonyl (C=O) groups excluding carboxylic acids is 1. The first-order valence-electron chi connectivity index (χ1n) is 4.48. The van der Waals surface area contributed by atoms with E-state index in [1.807, 2.05) is 13.0 Å². The number of aromatic nitrogens is 2. The van der Waals surface area contributed by atoms with Crippen molar-refractivity contribution < 1.29 is 4.79 Å². The summed E-state index contributed by atoms with van der Waals surface area (Å²) < 4.78 is 1.61. The van der Waals surface area contributed by atoms with Gasteiger partial charge in [-0.05, 0) is 25.1 Å². The van der Waals surface area contributed by atoms with E-state index in [-0.39, 0.29) is 0 Å². The minimum Gasteiger partial charge on any atom is -0.298 e. The molecular formula is C11H9ClN2O. The Bertz CT molecular complexity index is 505. The fraction of sp³-hybridized carbons (Fsp3) is 0.0909. The monoisotopic (exact) mass is 220 g/mol. The molecule has 1 heterocycles. The molecule has 0 aliphatic rings. The lowest BCUT2D eigenvalue weighted by molar-refractivity contribution is 0.112. The number of aryl methyl sites for hydroxylation is 1. The molecule has 2 aromatic rings. The highest BCUT2D eigenvalue weighted by Crippen LogP contribution is 2.22. The Labute approximate surface area is 92.3 Å². The van der Waals surface area contributed by atoms with Crippen LogP contribution in [0.5, 0.6) is 0 Å². The quantitative estimate of drug-likeness (QED) is 0.730. The first-order chi connectivity index (χ1) is 7.22. The lowest BCUT2D eigenvalue weighted by Crippen LogP contribution is -2.00. The van der Waals surface area contributed by atoms with Crippen LogP contribution in [0.4, 0.5) is 0 Å². The van der Waals surface area contributed by atoms with E-state index >= 15 is 0 Å². The van der Waals surface area contributed by atoms with Crippen LogP contribution in [-0.2, 0) is 0 Å². The predicted octanol–water partition coefficient (Wildman–Crippen LogP) is 2.65. The molecule has 3 nitrogen and oxygen atoms in total. The number of nitrogens with zero attached hydrogens (tertiary/aromatic N) is 2. The summed E-state index contributed by atoms with van der Waals surface area (Å²) >= 11 is 6.03. The van der Waals surface area contributed by atoms with Gasteiger partial charge in [-0.15, -0.1) is 0 Å². The number of halogens is 1. The van der Waals surface area contributed by atoms with Crippen molar-refractivity contribution >= 4 is 17.9 Å². The van der Waals surface area contributed by atoms with Gasteiger partial charge in [0.2, 0.25) is 0 Å². The van der Waals surface area contributed by atoms with Crippen molar-refractivity contribution in [2.75, 3.05) is 0 Å². The van der Waals surface area contributed by atoms with E-state index in [0.717, 1.165) is 12.0 Å². The first-order valence-corrected chi connectivity index (χ1v) is 4.86. The molecule has 0 spiro atoms. The maximum Gasteiger partial charge on any atom is 0.152 e. The number of hydrogen-bond acceptors (Lipinski definition) is 2. The molecule has 0 bridgehead atoms. The van der Waals surface area contributed by atoms with Crippen LogP contribution in [0, 0.1) is 6.92 Å². The molecule has 0 saturated carbocycles. The fourth-order valence-electron chi connectivity index (χ4n) is 1.41. The van der Waals surface area contributed by atoms with Crippen LogP contribution in [0.25, 0.3) is 5.69 Å². The van der Waals surface area contributed by atoms with E-state index in [0.29, 0.717) is 16.3 Å². The summed E-state index contributed by atoms with van der Waals surface area (Å²) in [5, 5.41) is 4.74. The van der Waals surface area contributed by atoms with Gasteiger partial charge >= 0.3 is 0 Å². The Kier molecular flexibility index (Phi) is 2.56. The highest BCUT2D eigenvalue weighted by Gasteiger charge is 2.08. The van der Waals surface area contributed by atoms with Crippen LogP contribution in [0.3, 0.4) is 0 Å². The highest BCUT2D eigenvalue weighted by atomic mass is 35.5. The van der Waals surface area contributed by atoms with Crippen molar-refractivity contribution in [2.24, 2.45) is 0 Å². The molecule has 0 atom stereocenters. The molecule has 0 N–H and O–H groups in total. The summed E-state index contributed by atoms with van der Waals surface area (Å²) in [4.78, 5) is 10.9. The molecule has 76 valence electrons. The van der Waals surface area contributed by atoms with Crippen LogP contribution in [0.2, 0.25) is 5.02 Å². The summed E-state index contributed by atoms with van der Waals surface area (Å²) in [5.41, 5.74) is 2.04. The Morgan fingerprint density at radius 2 is 2.20 bits per heavy atom. The second-order valence-corrected chi connectivity index (χ2v) is 3.60. The van der Waals surface area contributed by atoms with Crippen molar-refractivity contribution in [1.82, 2.24) is 9.78 Å². The molecule has 0 fully saturated rings. The minimum atomic E-state index is 0.516. The second-order valence-electron chi connectivity index (χ2n) is 3.20. The van der Waals surface area contributed by atoms with Crippen LogP contribution < -0.4 is 0 Å². The maximum atomic E-state index is 10.9. The number of carbonyl (C=O) groups is 1. The van der Waals surface area contributed by atoms with E-state index in [4.69, 9.17) is 11.6 Å². The lowest BCUT2D eigenvalue weighted by atomic mass is 10.2. The summed E-state index contributed by atoms with van der Waals surface area (Å²) in [6.07, 6.45) is 2.56. The zero-order valence-corrected chi connectivity index (χ0v) is 8.90. The molecule has 0 radical (unpaired) electrons. The number of para-hydroxylation sites is 1. The summed E-state index contributed by atoms with van der Waals surface area (Å²) in [7, 11) is 0. The van der Waals surface area contributed by atoms with Gasteiger partial charge in [-0.2, -0.15) is 5.10 Å². The molecule has 15 heavy (non-hydrogen) atoms. The largest absolute Gasteiger partial charge is 0.298 e. The third kappa shape index (κ3) is 1.78. The molecular weight excluding hydrogens is 212 g/mol. The smallest absolute Gasteiger partial charge is 0.152 e. The van der Waals surface area contributed by atoms with Gasteiger partial charge < -0.3 is 0 Å². The van der Waals surface area contributed by atoms with E-state index < -0.39 is 0 Å². The van der Waals surface area contributed by atoms with Crippen LogP contribution in [0.1, 0.15) is 16.1 Å².